The maximum atomic E-state index is 12.6. The van der Waals surface area contributed by atoms with Crippen LogP contribution in [0, 0.1) is 0 Å². The summed E-state index contributed by atoms with van der Waals surface area (Å²) in [5.41, 5.74) is 3.33. The van der Waals surface area contributed by atoms with Crippen molar-refractivity contribution in [3.8, 4) is 16.9 Å². The number of hydrogen-bond donors (Lipinski definition) is 2. The van der Waals surface area contributed by atoms with Crippen LogP contribution in [0.1, 0.15) is 15.9 Å². The van der Waals surface area contributed by atoms with Gasteiger partial charge in [-0.1, -0.05) is 54.6 Å². The zero-order valence-electron chi connectivity index (χ0n) is 15.5. The number of carbonyl (C=O) groups is 2. The maximum absolute atomic E-state index is 12.6. The average Bonchev–Trinajstić information content (AvgIpc) is 2.75. The normalized spacial score (nSPS) is 11.5. The van der Waals surface area contributed by atoms with Crippen molar-refractivity contribution in [2.45, 2.75) is 12.5 Å². The molecule has 0 spiro atoms. The van der Waals surface area contributed by atoms with E-state index in [-0.39, 0.29) is 18.1 Å². The van der Waals surface area contributed by atoms with E-state index in [0.717, 1.165) is 16.7 Å². The van der Waals surface area contributed by atoms with Crippen LogP contribution in [0.25, 0.3) is 11.1 Å². The molecular formula is C23H21NO4. The number of phenolic OH excluding ortho intramolecular Hbond substituents is 1. The summed E-state index contributed by atoms with van der Waals surface area (Å²) in [6.45, 7) is 0. The van der Waals surface area contributed by atoms with Gasteiger partial charge in [0.15, 0.2) is 0 Å². The molecule has 0 saturated carbocycles. The molecule has 1 amide bonds. The standard InChI is InChI=1S/C23H21NO4/c1-28-23(27)21(15-16-7-13-20(25)14-8-16)24-22(26)19-11-9-18(10-12-19)17-5-3-2-4-6-17/h2-14,21,25H,15H2,1H3,(H,24,26)/t21-/m0/s1. The summed E-state index contributed by atoms with van der Waals surface area (Å²) in [5, 5.41) is 12.1. The molecule has 0 heterocycles. The van der Waals surface area contributed by atoms with Gasteiger partial charge in [-0.05, 0) is 41.0 Å². The number of methoxy groups -OCH3 is 1. The van der Waals surface area contributed by atoms with Gasteiger partial charge in [0.2, 0.25) is 0 Å². The number of hydrogen-bond acceptors (Lipinski definition) is 4. The van der Waals surface area contributed by atoms with E-state index < -0.39 is 12.0 Å². The van der Waals surface area contributed by atoms with E-state index in [2.05, 4.69) is 5.32 Å². The smallest absolute Gasteiger partial charge is 0.328 e. The fourth-order valence-electron chi connectivity index (χ4n) is 2.89. The van der Waals surface area contributed by atoms with Gasteiger partial charge in [0.1, 0.15) is 11.8 Å². The number of carbonyl (C=O) groups excluding carboxylic acids is 2. The largest absolute Gasteiger partial charge is 0.508 e. The van der Waals surface area contributed by atoms with Gasteiger partial charge in [0.25, 0.3) is 5.91 Å². The van der Waals surface area contributed by atoms with Gasteiger partial charge >= 0.3 is 5.97 Å². The molecular weight excluding hydrogens is 354 g/mol. The highest BCUT2D eigenvalue weighted by atomic mass is 16.5. The summed E-state index contributed by atoms with van der Waals surface area (Å²) < 4.78 is 4.82. The highest BCUT2D eigenvalue weighted by Gasteiger charge is 2.22. The van der Waals surface area contributed by atoms with E-state index in [1.165, 1.54) is 19.2 Å². The first-order chi connectivity index (χ1) is 13.6. The first kappa shape index (κ1) is 19.2. The minimum atomic E-state index is -0.823. The first-order valence-corrected chi connectivity index (χ1v) is 8.89. The summed E-state index contributed by atoms with van der Waals surface area (Å²) in [6, 6.07) is 22.7. The van der Waals surface area contributed by atoms with Crippen LogP contribution in [-0.4, -0.2) is 30.1 Å². The fourth-order valence-corrected chi connectivity index (χ4v) is 2.89. The van der Waals surface area contributed by atoms with Crippen molar-refractivity contribution < 1.29 is 19.4 Å². The molecule has 5 nitrogen and oxygen atoms in total. The summed E-state index contributed by atoms with van der Waals surface area (Å²) in [6.07, 6.45) is 0.265. The molecule has 142 valence electrons. The van der Waals surface area contributed by atoms with Gasteiger partial charge in [0, 0.05) is 12.0 Å². The second-order valence-corrected chi connectivity index (χ2v) is 6.36. The van der Waals surface area contributed by atoms with Crippen LogP contribution in [0.2, 0.25) is 0 Å². The molecule has 0 fully saturated rings. The van der Waals surface area contributed by atoms with Crippen molar-refractivity contribution >= 4 is 11.9 Å². The number of aromatic hydroxyl groups is 1. The fraction of sp³-hybridized carbons (Fsp3) is 0.130. The Morgan fingerprint density at radius 2 is 1.50 bits per heavy atom. The van der Waals surface area contributed by atoms with Crippen LogP contribution >= 0.6 is 0 Å². The third-order valence-corrected chi connectivity index (χ3v) is 4.42. The Labute approximate surface area is 163 Å². The third-order valence-electron chi connectivity index (χ3n) is 4.42. The predicted octanol–water partition coefficient (Wildman–Crippen LogP) is 3.57. The molecule has 0 aliphatic carbocycles. The summed E-state index contributed by atoms with van der Waals surface area (Å²) in [5.74, 6) is -0.739. The quantitative estimate of drug-likeness (QED) is 0.646. The molecule has 28 heavy (non-hydrogen) atoms. The van der Waals surface area contributed by atoms with Crippen LogP contribution in [0.15, 0.2) is 78.9 Å². The van der Waals surface area contributed by atoms with Crippen LogP contribution in [0.3, 0.4) is 0 Å². The lowest BCUT2D eigenvalue weighted by molar-refractivity contribution is -0.142. The lowest BCUT2D eigenvalue weighted by Gasteiger charge is -2.17. The van der Waals surface area contributed by atoms with E-state index in [1.54, 1.807) is 24.3 Å². The lowest BCUT2D eigenvalue weighted by Crippen LogP contribution is -2.43. The Balaban J connectivity index is 1.72. The molecule has 0 radical (unpaired) electrons. The van der Waals surface area contributed by atoms with E-state index in [1.807, 2.05) is 42.5 Å². The molecule has 5 heteroatoms. The second kappa shape index (κ2) is 8.86. The van der Waals surface area contributed by atoms with Crippen molar-refractivity contribution in [1.82, 2.24) is 5.32 Å². The summed E-state index contributed by atoms with van der Waals surface area (Å²) >= 11 is 0. The maximum Gasteiger partial charge on any atom is 0.328 e. The Hall–Kier alpha value is -3.60. The number of amides is 1. The van der Waals surface area contributed by atoms with Crippen LogP contribution < -0.4 is 5.32 Å². The highest BCUT2D eigenvalue weighted by molar-refractivity contribution is 5.97. The molecule has 0 bridgehead atoms. The van der Waals surface area contributed by atoms with Crippen molar-refractivity contribution in [2.75, 3.05) is 7.11 Å². The molecule has 3 aromatic carbocycles. The SMILES string of the molecule is COC(=O)[C@H](Cc1ccc(O)cc1)NC(=O)c1ccc(-c2ccccc2)cc1. The molecule has 0 saturated heterocycles. The molecule has 2 N–H and O–H groups in total. The minimum absolute atomic E-state index is 0.140. The van der Waals surface area contributed by atoms with Gasteiger partial charge in [-0.3, -0.25) is 4.79 Å². The van der Waals surface area contributed by atoms with E-state index in [0.29, 0.717) is 5.56 Å². The van der Waals surface area contributed by atoms with Crippen molar-refractivity contribution in [1.29, 1.82) is 0 Å². The van der Waals surface area contributed by atoms with Crippen molar-refractivity contribution in [2.24, 2.45) is 0 Å². The molecule has 3 aromatic rings. The number of esters is 1. The molecule has 0 aliphatic heterocycles. The number of rotatable bonds is 6. The van der Waals surface area contributed by atoms with Crippen LogP contribution in [0.5, 0.6) is 5.75 Å². The molecule has 3 rings (SSSR count). The van der Waals surface area contributed by atoms with Crippen molar-refractivity contribution in [3.63, 3.8) is 0 Å². The topological polar surface area (TPSA) is 75.6 Å². The third kappa shape index (κ3) is 4.76. The zero-order chi connectivity index (χ0) is 19.9. The van der Waals surface area contributed by atoms with E-state index in [4.69, 9.17) is 4.74 Å². The van der Waals surface area contributed by atoms with Gasteiger partial charge < -0.3 is 15.2 Å². The van der Waals surface area contributed by atoms with Crippen molar-refractivity contribution in [3.05, 3.63) is 90.0 Å². The zero-order valence-corrected chi connectivity index (χ0v) is 15.5. The second-order valence-electron chi connectivity index (χ2n) is 6.36. The van der Waals surface area contributed by atoms with Crippen LogP contribution in [-0.2, 0) is 16.0 Å². The highest BCUT2D eigenvalue weighted by Crippen LogP contribution is 2.19. The Bertz CT molecular complexity index is 935. The Kier molecular flexibility index (Phi) is 6.07. The Morgan fingerprint density at radius 1 is 0.893 bits per heavy atom. The monoisotopic (exact) mass is 375 g/mol. The molecule has 0 aromatic heterocycles. The van der Waals surface area contributed by atoms with Gasteiger partial charge in [-0.25, -0.2) is 4.79 Å². The van der Waals surface area contributed by atoms with E-state index >= 15 is 0 Å². The number of phenols is 1. The molecule has 0 unspecified atom stereocenters. The first-order valence-electron chi connectivity index (χ1n) is 8.89. The van der Waals surface area contributed by atoms with E-state index in [9.17, 15) is 14.7 Å². The molecule has 1 atom stereocenters. The van der Waals surface area contributed by atoms with Gasteiger partial charge in [0.05, 0.1) is 7.11 Å². The lowest BCUT2D eigenvalue weighted by atomic mass is 10.0. The minimum Gasteiger partial charge on any atom is -0.508 e. The number of benzene rings is 3. The van der Waals surface area contributed by atoms with Crippen LogP contribution in [0.4, 0.5) is 0 Å². The van der Waals surface area contributed by atoms with Gasteiger partial charge in [-0.15, -0.1) is 0 Å². The summed E-state index contributed by atoms with van der Waals surface area (Å²) in [7, 11) is 1.28. The molecule has 0 aliphatic rings. The number of nitrogens with one attached hydrogen (secondary N) is 1. The van der Waals surface area contributed by atoms with Gasteiger partial charge in [-0.2, -0.15) is 0 Å². The Morgan fingerprint density at radius 3 is 2.11 bits per heavy atom. The summed E-state index contributed by atoms with van der Waals surface area (Å²) in [4.78, 5) is 24.7. The average molecular weight is 375 g/mol. The predicted molar refractivity (Wildman–Crippen MR) is 107 cm³/mol. The number of ether oxygens (including phenoxy) is 1.